The number of hydrogen-bond acceptors (Lipinski definition) is 9. The monoisotopic (exact) mass is 847 g/mol. The first kappa shape index (κ1) is 36.9. The summed E-state index contributed by atoms with van der Waals surface area (Å²) in [6.45, 7) is 4.02. The molecule has 2 aliphatic heterocycles. The maximum atomic E-state index is 14.8. The Morgan fingerprint density at radius 2 is 1.83 bits per heavy atom. The lowest BCUT2D eigenvalue weighted by molar-refractivity contribution is -0.142. The smallest absolute Gasteiger partial charge is 0.407 e. The molecule has 280 valence electrons. The number of aryl methyl sites for hydroxylation is 1. The van der Waals surface area contributed by atoms with E-state index in [0.29, 0.717) is 25.1 Å². The molecule has 6 atom stereocenters. The highest BCUT2D eigenvalue weighted by molar-refractivity contribution is 14.1. The fourth-order valence-electron chi connectivity index (χ4n) is 7.96. The van der Waals surface area contributed by atoms with E-state index in [9.17, 15) is 27.6 Å². The largest absolute Gasteiger partial charge is 0.471 e. The molecule has 5 aliphatic rings. The fraction of sp³-hybridized carbons (Fsp3) is 0.595. The second kappa shape index (κ2) is 15.1. The average molecular weight is 848 g/mol. The molecule has 13 nitrogen and oxygen atoms in total. The maximum Gasteiger partial charge on any atom is 0.407 e. The van der Waals surface area contributed by atoms with Crippen LogP contribution in [0.1, 0.15) is 82.6 Å². The number of carbonyl (C=O) groups excluding carboxylic acids is 4. The van der Waals surface area contributed by atoms with Crippen molar-refractivity contribution in [2.45, 2.75) is 116 Å². The third-order valence-electron chi connectivity index (χ3n) is 11.2. The molecule has 1 unspecified atom stereocenters. The van der Waals surface area contributed by atoms with Crippen LogP contribution in [0.2, 0.25) is 0 Å². The quantitative estimate of drug-likeness (QED) is 0.158. The topological polar surface area (TPSA) is 173 Å². The minimum atomic E-state index is -3.88. The summed E-state index contributed by atoms with van der Waals surface area (Å²) in [5, 5.41) is 6.87. The van der Waals surface area contributed by atoms with E-state index in [2.05, 4.69) is 61.6 Å². The molecule has 3 aliphatic carbocycles. The van der Waals surface area contributed by atoms with Gasteiger partial charge in [-0.05, 0) is 86.8 Å². The highest BCUT2D eigenvalue weighted by Gasteiger charge is 2.62. The summed E-state index contributed by atoms with van der Waals surface area (Å²) >= 11 is 2.12. The summed E-state index contributed by atoms with van der Waals surface area (Å²) in [7, 11) is -3.88. The number of sulfonamides is 1. The van der Waals surface area contributed by atoms with Gasteiger partial charge in [-0.3, -0.25) is 19.1 Å². The first-order valence-corrected chi connectivity index (χ1v) is 21.2. The van der Waals surface area contributed by atoms with Crippen molar-refractivity contribution < 1.29 is 37.1 Å². The van der Waals surface area contributed by atoms with Crippen LogP contribution in [0, 0.1) is 11.8 Å². The minimum Gasteiger partial charge on any atom is -0.471 e. The zero-order valence-corrected chi connectivity index (χ0v) is 32.0. The number of alkyl carbamates (subject to hydrolysis) is 1. The highest BCUT2D eigenvalue weighted by atomic mass is 127. The minimum absolute atomic E-state index is 0.0710. The van der Waals surface area contributed by atoms with E-state index >= 15 is 0 Å². The molecule has 1 aromatic heterocycles. The van der Waals surface area contributed by atoms with E-state index in [0.717, 1.165) is 67.7 Å². The number of cyclic esters (lactones) is 1. The summed E-state index contributed by atoms with van der Waals surface area (Å²) in [5.41, 5.74) is -0.416. The second-order valence-electron chi connectivity index (χ2n) is 14.8. The van der Waals surface area contributed by atoms with Gasteiger partial charge >= 0.3 is 6.09 Å². The molecule has 1 aromatic carbocycles. The van der Waals surface area contributed by atoms with E-state index in [4.69, 9.17) is 9.47 Å². The lowest BCUT2D eigenvalue weighted by Crippen LogP contribution is -2.60. The van der Waals surface area contributed by atoms with Crippen molar-refractivity contribution in [1.29, 1.82) is 0 Å². The van der Waals surface area contributed by atoms with Crippen molar-refractivity contribution >= 4 is 67.2 Å². The zero-order valence-electron chi connectivity index (χ0n) is 29.1. The predicted molar refractivity (Wildman–Crippen MR) is 201 cm³/mol. The van der Waals surface area contributed by atoms with Gasteiger partial charge in [0.15, 0.2) is 0 Å². The highest BCUT2D eigenvalue weighted by Crippen LogP contribution is 2.46. The van der Waals surface area contributed by atoms with Crippen LogP contribution in [-0.2, 0) is 35.6 Å². The predicted octanol–water partition coefficient (Wildman–Crippen LogP) is 4.42. The van der Waals surface area contributed by atoms with Crippen LogP contribution in [-0.4, -0.2) is 81.7 Å². The Morgan fingerprint density at radius 1 is 1.06 bits per heavy atom. The standard InChI is InChI=1S/C37H46IN5O8S/c1-2-25-21-37(25,35(46)42-52(48,49)26-14-15-26)41-32(44)28-20-29-31(38)43(28)34(45)30(24-10-6-3-7-11-24)40-36(47)50-18-8-4-5-9-22-12-13-23-16-17-39-33(51-29)27(23)19-22/h2,12-13,16-17,19,24-26,28-31H,1,3-11,14-15,18,20-21H2,(H,40,47)(H,41,44)(H,42,46)/t25-,28+,29-,30+,31?,37-/m1/s1. The van der Waals surface area contributed by atoms with E-state index in [1.807, 2.05) is 12.1 Å². The number of benzene rings is 1. The number of ether oxygens (including phenoxy) is 2. The summed E-state index contributed by atoms with van der Waals surface area (Å²) in [6.07, 6.45) is 10.6. The maximum absolute atomic E-state index is 14.8. The molecular formula is C37H46IN5O8S. The van der Waals surface area contributed by atoms with Crippen LogP contribution in [0.3, 0.4) is 0 Å². The van der Waals surface area contributed by atoms with E-state index in [1.54, 1.807) is 6.20 Å². The van der Waals surface area contributed by atoms with Crippen molar-refractivity contribution in [2.75, 3.05) is 6.61 Å². The number of nitrogens with one attached hydrogen (secondary N) is 3. The van der Waals surface area contributed by atoms with Crippen LogP contribution >= 0.6 is 22.6 Å². The van der Waals surface area contributed by atoms with Crippen molar-refractivity contribution in [2.24, 2.45) is 11.8 Å². The first-order valence-electron chi connectivity index (χ1n) is 18.5. The summed E-state index contributed by atoms with van der Waals surface area (Å²) < 4.78 is 39.2. The number of amides is 4. The van der Waals surface area contributed by atoms with Crippen molar-refractivity contribution in [3.8, 4) is 5.88 Å². The van der Waals surface area contributed by atoms with E-state index < -0.39 is 72.8 Å². The number of carbonyl (C=O) groups is 4. The number of alkyl halides is 1. The van der Waals surface area contributed by atoms with Gasteiger partial charge in [0.25, 0.3) is 5.91 Å². The molecule has 52 heavy (non-hydrogen) atoms. The average Bonchev–Trinajstić information content (AvgIpc) is 4.06. The molecule has 3 heterocycles. The van der Waals surface area contributed by atoms with Crippen molar-refractivity contribution in [3.63, 3.8) is 0 Å². The normalized spacial score (nSPS) is 30.3. The zero-order chi connectivity index (χ0) is 36.6. The molecule has 1 saturated heterocycles. The molecule has 0 spiro atoms. The third kappa shape index (κ3) is 7.62. The van der Waals surface area contributed by atoms with Gasteiger partial charge in [-0.25, -0.2) is 18.2 Å². The lowest BCUT2D eigenvalue weighted by atomic mass is 9.83. The van der Waals surface area contributed by atoms with Gasteiger partial charge in [0, 0.05) is 23.9 Å². The molecule has 4 fully saturated rings. The van der Waals surface area contributed by atoms with Gasteiger partial charge in [-0.2, -0.15) is 0 Å². The summed E-state index contributed by atoms with van der Waals surface area (Å²) in [4.78, 5) is 62.1. The first-order chi connectivity index (χ1) is 25.0. The SMILES string of the molecule is C=C[C@@H]1C[C@]1(NC(=O)[C@@H]1C[C@H]2Oc3nccc4ccc(cc34)CCCCCOC(=O)N[C@@H](C3CCCCC3)C(=O)N1C2I)C(=O)NS(=O)(=O)C1CC1. The Labute approximate surface area is 317 Å². The van der Waals surface area contributed by atoms with Gasteiger partial charge < -0.3 is 25.0 Å². The number of hydrogen-bond donors (Lipinski definition) is 3. The van der Waals surface area contributed by atoms with E-state index in [-0.39, 0.29) is 25.4 Å². The molecule has 3 N–H and O–H groups in total. The fourth-order valence-corrected chi connectivity index (χ4v) is 10.4. The van der Waals surface area contributed by atoms with Gasteiger partial charge in [-0.1, -0.05) is 60.1 Å². The van der Waals surface area contributed by atoms with E-state index in [1.165, 1.54) is 11.0 Å². The number of nitrogens with zero attached hydrogens (tertiary/aromatic N) is 2. The number of halogens is 1. The Hall–Kier alpha value is -3.47. The lowest BCUT2D eigenvalue weighted by Gasteiger charge is -2.36. The second-order valence-corrected chi connectivity index (χ2v) is 18.1. The number of fused-ring (bicyclic) bond motifs is 3. The summed E-state index contributed by atoms with van der Waals surface area (Å²) in [6, 6.07) is 6.03. The van der Waals surface area contributed by atoms with Crippen LogP contribution in [0.5, 0.6) is 5.88 Å². The molecule has 15 heteroatoms. The molecule has 2 aromatic rings. The Bertz CT molecular complexity index is 1850. The van der Waals surface area contributed by atoms with Crippen molar-refractivity contribution in [1.82, 2.24) is 25.2 Å². The Morgan fingerprint density at radius 3 is 2.56 bits per heavy atom. The van der Waals surface area contributed by atoms with Crippen LogP contribution in [0.25, 0.3) is 10.8 Å². The molecule has 0 radical (unpaired) electrons. The number of rotatable bonds is 7. The van der Waals surface area contributed by atoms with Gasteiger partial charge in [0.2, 0.25) is 27.7 Å². The molecule has 7 rings (SSSR count). The molecular weight excluding hydrogens is 801 g/mol. The van der Waals surface area contributed by atoms with Crippen LogP contribution < -0.4 is 20.1 Å². The van der Waals surface area contributed by atoms with Crippen LogP contribution in [0.4, 0.5) is 4.79 Å². The number of pyridine rings is 1. The van der Waals surface area contributed by atoms with Crippen molar-refractivity contribution in [3.05, 3.63) is 48.7 Å². The van der Waals surface area contributed by atoms with Crippen LogP contribution in [0.15, 0.2) is 43.1 Å². The van der Waals surface area contributed by atoms with Gasteiger partial charge in [-0.15, -0.1) is 6.58 Å². The molecule has 4 bridgehead atoms. The van der Waals surface area contributed by atoms with Gasteiger partial charge in [0.1, 0.15) is 27.8 Å². The molecule has 4 amide bonds. The Balaban J connectivity index is 1.23. The third-order valence-corrected chi connectivity index (χ3v) is 14.5. The summed E-state index contributed by atoms with van der Waals surface area (Å²) in [5.74, 6) is -2.14. The Kier molecular flexibility index (Phi) is 10.7. The number of aromatic nitrogens is 1. The molecule has 3 saturated carbocycles. The van der Waals surface area contributed by atoms with Gasteiger partial charge in [0.05, 0.1) is 11.9 Å².